The number of hydrogen-bond donors (Lipinski definition) is 0. The molecule has 1 aliphatic rings. The number of rotatable bonds is 6. The Morgan fingerprint density at radius 1 is 1.24 bits per heavy atom. The highest BCUT2D eigenvalue weighted by atomic mass is 35.5. The normalized spacial score (nSPS) is 15.2. The van der Waals surface area contributed by atoms with Gasteiger partial charge in [0.25, 0.3) is 11.2 Å². The minimum atomic E-state index is -0.821. The van der Waals surface area contributed by atoms with E-state index in [9.17, 15) is 19.7 Å². The van der Waals surface area contributed by atoms with Crippen LogP contribution in [0.25, 0.3) is 17.4 Å². The number of halogens is 1. The van der Waals surface area contributed by atoms with Crippen molar-refractivity contribution in [1.82, 2.24) is 4.57 Å². The molecule has 4 aromatic rings. The minimum absolute atomic E-state index is 0.0545. The van der Waals surface area contributed by atoms with Gasteiger partial charge >= 0.3 is 5.97 Å². The van der Waals surface area contributed by atoms with Crippen LogP contribution < -0.4 is 14.9 Å². The van der Waals surface area contributed by atoms with Crippen LogP contribution in [0, 0.1) is 10.1 Å². The summed E-state index contributed by atoms with van der Waals surface area (Å²) >= 11 is 7.67. The number of fused-ring (bicyclic) bond motifs is 1. The first kappa shape index (κ1) is 25.4. The van der Waals surface area contributed by atoms with Gasteiger partial charge in [-0.05, 0) is 37.6 Å². The minimum Gasteiger partial charge on any atom is -0.463 e. The van der Waals surface area contributed by atoms with Gasteiger partial charge in [0.1, 0.15) is 17.6 Å². The van der Waals surface area contributed by atoms with Crippen LogP contribution in [-0.2, 0) is 9.53 Å². The molecule has 0 radical (unpaired) electrons. The number of benzene rings is 2. The van der Waals surface area contributed by atoms with E-state index in [0.717, 1.165) is 11.3 Å². The fourth-order valence-corrected chi connectivity index (χ4v) is 5.54. The van der Waals surface area contributed by atoms with Crippen molar-refractivity contribution in [2.24, 2.45) is 4.99 Å². The van der Waals surface area contributed by atoms with E-state index in [4.69, 9.17) is 20.8 Å². The number of allylic oxidation sites excluding steroid dienone is 1. The average molecular weight is 550 g/mol. The summed E-state index contributed by atoms with van der Waals surface area (Å²) in [6.07, 6.45) is 1.58. The summed E-state index contributed by atoms with van der Waals surface area (Å²) in [5.41, 5.74) is 1.36. The predicted octanol–water partition coefficient (Wildman–Crippen LogP) is 4.62. The van der Waals surface area contributed by atoms with Gasteiger partial charge in [-0.15, -0.1) is 0 Å². The van der Waals surface area contributed by atoms with Crippen molar-refractivity contribution in [1.29, 1.82) is 0 Å². The number of carbonyl (C=O) groups excluding carboxylic acids is 1. The topological polar surface area (TPSA) is 117 Å². The Bertz CT molecular complexity index is 1800. The number of aromatic nitrogens is 1. The summed E-state index contributed by atoms with van der Waals surface area (Å²) in [7, 11) is 0. The van der Waals surface area contributed by atoms with Crippen LogP contribution in [0.3, 0.4) is 0 Å². The maximum Gasteiger partial charge on any atom is 0.338 e. The molecule has 9 nitrogen and oxygen atoms in total. The Morgan fingerprint density at radius 3 is 2.76 bits per heavy atom. The maximum atomic E-state index is 13.7. The summed E-state index contributed by atoms with van der Waals surface area (Å²) in [6, 6.07) is 15.6. The number of hydrogen-bond acceptors (Lipinski definition) is 8. The standard InChI is InChI=1S/C27H20ClN3O6S/c1-3-36-26(33)23-15(2)29-27-30(24(23)19-9-4-5-10-20(19)28)25(32)22(38-27)14-18-11-12-21(37-18)16-7-6-8-17(13-16)31(34)35/h4-14,24H,3H2,1-2H3/b22-14-/t24-/m0/s1. The molecular formula is C27H20ClN3O6S. The lowest BCUT2D eigenvalue weighted by Crippen LogP contribution is -2.40. The van der Waals surface area contributed by atoms with E-state index in [2.05, 4.69) is 4.99 Å². The SMILES string of the molecule is CCOC(=O)C1=C(C)N=c2s/c(=C\c3ccc(-c4cccc([N+](=O)[O-])c4)o3)c(=O)n2[C@H]1c1ccccc1Cl. The lowest BCUT2D eigenvalue weighted by molar-refractivity contribution is -0.384. The highest BCUT2D eigenvalue weighted by Crippen LogP contribution is 2.34. The molecular weight excluding hydrogens is 530 g/mol. The third kappa shape index (κ3) is 4.59. The van der Waals surface area contributed by atoms with E-state index in [0.29, 0.717) is 42.7 Å². The van der Waals surface area contributed by atoms with E-state index in [1.165, 1.54) is 16.7 Å². The van der Waals surface area contributed by atoms with Crippen LogP contribution in [0.2, 0.25) is 5.02 Å². The zero-order valence-corrected chi connectivity index (χ0v) is 21.8. The summed E-state index contributed by atoms with van der Waals surface area (Å²) in [5.74, 6) is 0.232. The molecule has 0 spiro atoms. The highest BCUT2D eigenvalue weighted by molar-refractivity contribution is 7.07. The quantitative estimate of drug-likeness (QED) is 0.197. The van der Waals surface area contributed by atoms with Crippen LogP contribution in [0.5, 0.6) is 0 Å². The first-order valence-corrected chi connectivity index (χ1v) is 12.8. The van der Waals surface area contributed by atoms with Crippen molar-refractivity contribution in [3.8, 4) is 11.3 Å². The molecule has 2 aromatic carbocycles. The van der Waals surface area contributed by atoms with Crippen molar-refractivity contribution in [2.75, 3.05) is 6.61 Å². The lowest BCUT2D eigenvalue weighted by atomic mass is 9.96. The van der Waals surface area contributed by atoms with Crippen molar-refractivity contribution >= 4 is 40.7 Å². The third-order valence-electron chi connectivity index (χ3n) is 5.96. The predicted molar refractivity (Wildman–Crippen MR) is 143 cm³/mol. The molecule has 5 rings (SSSR count). The maximum absolute atomic E-state index is 13.7. The largest absolute Gasteiger partial charge is 0.463 e. The number of nitro benzene ring substituents is 1. The van der Waals surface area contributed by atoms with Crippen LogP contribution in [-0.4, -0.2) is 22.1 Å². The van der Waals surface area contributed by atoms with E-state index < -0.39 is 16.9 Å². The van der Waals surface area contributed by atoms with Crippen molar-refractivity contribution in [3.63, 3.8) is 0 Å². The fourth-order valence-electron chi connectivity index (χ4n) is 4.27. The first-order chi connectivity index (χ1) is 18.3. The molecule has 0 fully saturated rings. The van der Waals surface area contributed by atoms with Gasteiger partial charge in [0.05, 0.1) is 27.3 Å². The number of esters is 1. The molecule has 2 aromatic heterocycles. The van der Waals surface area contributed by atoms with Gasteiger partial charge in [-0.1, -0.05) is 53.3 Å². The summed E-state index contributed by atoms with van der Waals surface area (Å²) < 4.78 is 13.0. The molecule has 0 N–H and O–H groups in total. The number of non-ortho nitro benzene ring substituents is 1. The Balaban J connectivity index is 1.63. The van der Waals surface area contributed by atoms with E-state index >= 15 is 0 Å². The van der Waals surface area contributed by atoms with Gasteiger partial charge in [-0.3, -0.25) is 19.5 Å². The molecule has 0 aliphatic carbocycles. The number of nitrogens with zero attached hydrogens (tertiary/aromatic N) is 3. The van der Waals surface area contributed by atoms with Crippen LogP contribution in [0.4, 0.5) is 5.69 Å². The molecule has 0 saturated heterocycles. The van der Waals surface area contributed by atoms with Gasteiger partial charge in [0.2, 0.25) is 0 Å². The van der Waals surface area contributed by atoms with Crippen LogP contribution in [0.15, 0.2) is 86.1 Å². The average Bonchev–Trinajstić information content (AvgIpc) is 3.48. The van der Waals surface area contributed by atoms with E-state index in [-0.39, 0.29) is 23.4 Å². The van der Waals surface area contributed by atoms with Gasteiger partial charge in [-0.2, -0.15) is 0 Å². The van der Waals surface area contributed by atoms with E-state index in [1.807, 2.05) is 0 Å². The first-order valence-electron chi connectivity index (χ1n) is 11.6. The molecule has 3 heterocycles. The molecule has 192 valence electrons. The third-order valence-corrected chi connectivity index (χ3v) is 7.29. The van der Waals surface area contributed by atoms with Gasteiger partial charge in [0.15, 0.2) is 4.80 Å². The Hall–Kier alpha value is -4.28. The van der Waals surface area contributed by atoms with Gasteiger partial charge < -0.3 is 9.15 Å². The Labute approximate surface area is 224 Å². The summed E-state index contributed by atoms with van der Waals surface area (Å²) in [5, 5.41) is 11.5. The highest BCUT2D eigenvalue weighted by Gasteiger charge is 2.34. The fraction of sp³-hybridized carbons (Fsp3) is 0.148. The molecule has 38 heavy (non-hydrogen) atoms. The van der Waals surface area contributed by atoms with Gasteiger partial charge in [-0.25, -0.2) is 9.79 Å². The number of ether oxygens (including phenoxy) is 1. The van der Waals surface area contributed by atoms with Crippen LogP contribution >= 0.6 is 22.9 Å². The molecule has 0 amide bonds. The summed E-state index contributed by atoms with van der Waals surface area (Å²) in [6.45, 7) is 3.57. The molecule has 1 aliphatic heterocycles. The smallest absolute Gasteiger partial charge is 0.338 e. The van der Waals surface area contributed by atoms with Crippen molar-refractivity contribution in [3.05, 3.63) is 118 Å². The second-order valence-corrected chi connectivity index (χ2v) is 9.75. The molecule has 0 bridgehead atoms. The number of thiazole rings is 1. The zero-order chi connectivity index (χ0) is 27.0. The van der Waals surface area contributed by atoms with Crippen LogP contribution in [0.1, 0.15) is 31.2 Å². The number of furan rings is 1. The number of nitro groups is 1. The van der Waals surface area contributed by atoms with Crippen molar-refractivity contribution < 1.29 is 18.9 Å². The second kappa shape index (κ2) is 10.2. The monoisotopic (exact) mass is 549 g/mol. The van der Waals surface area contributed by atoms with Gasteiger partial charge in [0, 0.05) is 28.8 Å². The molecule has 0 saturated carbocycles. The Morgan fingerprint density at radius 2 is 2.03 bits per heavy atom. The Kier molecular flexibility index (Phi) is 6.83. The lowest BCUT2D eigenvalue weighted by Gasteiger charge is -2.25. The summed E-state index contributed by atoms with van der Waals surface area (Å²) in [4.78, 5) is 42.2. The second-order valence-electron chi connectivity index (χ2n) is 8.33. The van der Waals surface area contributed by atoms with Crippen molar-refractivity contribution in [2.45, 2.75) is 19.9 Å². The molecule has 1 atom stereocenters. The molecule has 11 heteroatoms. The zero-order valence-electron chi connectivity index (χ0n) is 20.2. The van der Waals surface area contributed by atoms with E-state index in [1.54, 1.807) is 68.5 Å². The number of carbonyl (C=O) groups is 1. The molecule has 0 unspecified atom stereocenters.